The van der Waals surface area contributed by atoms with Crippen LogP contribution in [0.4, 0.5) is 4.79 Å². The number of rotatable bonds is 14. The first-order chi connectivity index (χ1) is 16.7. The van der Waals surface area contributed by atoms with Gasteiger partial charge in [-0.15, -0.1) is 0 Å². The van der Waals surface area contributed by atoms with Gasteiger partial charge in [0, 0.05) is 32.5 Å². The lowest BCUT2D eigenvalue weighted by molar-refractivity contribution is -0.118. The molecule has 5 atom stereocenters. The zero-order valence-corrected chi connectivity index (χ0v) is 22.2. The van der Waals surface area contributed by atoms with Crippen molar-refractivity contribution in [2.75, 3.05) is 20.3 Å². The Labute approximate surface area is 213 Å². The molecule has 1 fully saturated rings. The van der Waals surface area contributed by atoms with Crippen molar-refractivity contribution in [3.05, 3.63) is 48.0 Å². The molecule has 0 aromatic heterocycles. The minimum atomic E-state index is -3.47. The van der Waals surface area contributed by atoms with Gasteiger partial charge in [0.1, 0.15) is 33.3 Å². The SMILES string of the molecule is B[C@@H]1O[C@H](COC(=O)OCc2ccccc2)C(OP(O)(=S)OC)[C@@H]1C/C=C/CCCCNC(C)=O. The van der Waals surface area contributed by atoms with E-state index in [4.69, 9.17) is 35.1 Å². The van der Waals surface area contributed by atoms with Crippen molar-refractivity contribution >= 4 is 38.4 Å². The van der Waals surface area contributed by atoms with Gasteiger partial charge in [-0.05, 0) is 43.1 Å². The highest BCUT2D eigenvalue weighted by molar-refractivity contribution is 8.07. The maximum Gasteiger partial charge on any atom is 0.508 e. The number of unbranched alkanes of at least 4 members (excludes halogenated alkanes) is 2. The Bertz CT molecular complexity index is 874. The summed E-state index contributed by atoms with van der Waals surface area (Å²) in [6.45, 7) is -1.30. The lowest BCUT2D eigenvalue weighted by atomic mass is 9.82. The number of ether oxygens (including phenoxy) is 3. The van der Waals surface area contributed by atoms with Gasteiger partial charge in [0.15, 0.2) is 0 Å². The minimum Gasteiger partial charge on any atom is -0.431 e. The maximum atomic E-state index is 12.1. The molecule has 1 aromatic carbocycles. The van der Waals surface area contributed by atoms with E-state index < -0.39 is 25.1 Å². The van der Waals surface area contributed by atoms with E-state index in [2.05, 4.69) is 11.4 Å². The lowest BCUT2D eigenvalue weighted by Crippen LogP contribution is -2.33. The number of carbonyl (C=O) groups is 2. The lowest BCUT2D eigenvalue weighted by Gasteiger charge is -2.26. The summed E-state index contributed by atoms with van der Waals surface area (Å²) in [7, 11) is 3.20. The summed E-state index contributed by atoms with van der Waals surface area (Å²) >= 11 is 5.06. The summed E-state index contributed by atoms with van der Waals surface area (Å²) in [6, 6.07) is 9.07. The van der Waals surface area contributed by atoms with Crippen molar-refractivity contribution in [1.82, 2.24) is 5.32 Å². The molecule has 2 rings (SSSR count). The van der Waals surface area contributed by atoms with Gasteiger partial charge in [-0.3, -0.25) is 4.79 Å². The van der Waals surface area contributed by atoms with Crippen LogP contribution in [0.25, 0.3) is 0 Å². The number of nitrogens with one attached hydrogen (secondary N) is 1. The van der Waals surface area contributed by atoms with Crippen molar-refractivity contribution in [1.29, 1.82) is 0 Å². The molecule has 0 spiro atoms. The van der Waals surface area contributed by atoms with Gasteiger partial charge in [-0.1, -0.05) is 42.5 Å². The quantitative estimate of drug-likeness (QED) is 0.124. The van der Waals surface area contributed by atoms with Crippen LogP contribution in [-0.4, -0.2) is 63.3 Å². The summed E-state index contributed by atoms with van der Waals surface area (Å²) in [5, 5.41) is 2.78. The summed E-state index contributed by atoms with van der Waals surface area (Å²) in [4.78, 5) is 33.2. The molecule has 1 saturated heterocycles. The molecule has 2 unspecified atom stereocenters. The third-order valence-electron chi connectivity index (χ3n) is 5.58. The molecule has 1 aliphatic heterocycles. The maximum absolute atomic E-state index is 12.1. The first-order valence-electron chi connectivity index (χ1n) is 11.7. The van der Waals surface area contributed by atoms with Gasteiger partial charge in [0.05, 0.1) is 0 Å². The Kier molecular flexibility index (Phi) is 13.0. The predicted octanol–water partition coefficient (Wildman–Crippen LogP) is 2.82. The fraction of sp³-hybridized carbons (Fsp3) is 0.565. The first kappa shape index (κ1) is 29.5. The highest BCUT2D eigenvalue weighted by Gasteiger charge is 2.45. The van der Waals surface area contributed by atoms with Crippen LogP contribution >= 0.6 is 6.72 Å². The van der Waals surface area contributed by atoms with E-state index in [0.717, 1.165) is 24.8 Å². The third-order valence-corrected chi connectivity index (χ3v) is 7.25. The van der Waals surface area contributed by atoms with Crippen LogP contribution in [-0.2, 0) is 46.5 Å². The molecule has 1 heterocycles. The molecule has 0 aliphatic carbocycles. The molecular weight excluding hydrogens is 492 g/mol. The van der Waals surface area contributed by atoms with Crippen LogP contribution in [0.15, 0.2) is 42.5 Å². The summed E-state index contributed by atoms with van der Waals surface area (Å²) < 4.78 is 27.1. The Balaban J connectivity index is 1.87. The smallest absolute Gasteiger partial charge is 0.431 e. The molecule has 1 amide bonds. The van der Waals surface area contributed by atoms with Gasteiger partial charge >= 0.3 is 12.9 Å². The molecule has 12 heteroatoms. The van der Waals surface area contributed by atoms with E-state index in [1.54, 1.807) is 0 Å². The number of benzene rings is 1. The Morgan fingerprint density at radius 1 is 1.23 bits per heavy atom. The second-order valence-corrected chi connectivity index (χ2v) is 11.2. The van der Waals surface area contributed by atoms with Crippen molar-refractivity contribution in [3.8, 4) is 0 Å². The van der Waals surface area contributed by atoms with Crippen LogP contribution in [0.1, 0.15) is 38.2 Å². The van der Waals surface area contributed by atoms with E-state index >= 15 is 0 Å². The Hall–Kier alpha value is -1.75. The summed E-state index contributed by atoms with van der Waals surface area (Å²) in [5.74, 6) is -0.144. The topological polar surface area (TPSA) is 113 Å². The van der Waals surface area contributed by atoms with Gasteiger partial charge in [0.2, 0.25) is 5.91 Å². The van der Waals surface area contributed by atoms with Crippen molar-refractivity contribution in [3.63, 3.8) is 0 Å². The molecule has 0 radical (unpaired) electrons. The van der Waals surface area contributed by atoms with Gasteiger partial charge in [-0.2, -0.15) is 0 Å². The Morgan fingerprint density at radius 3 is 2.66 bits per heavy atom. The van der Waals surface area contributed by atoms with Crippen LogP contribution in [0.2, 0.25) is 0 Å². The highest BCUT2D eigenvalue weighted by Crippen LogP contribution is 2.48. The summed E-state index contributed by atoms with van der Waals surface area (Å²) in [5.41, 5.74) is 0.847. The molecule has 1 aliphatic rings. The van der Waals surface area contributed by atoms with Crippen molar-refractivity contribution < 1.29 is 37.7 Å². The first-order valence-corrected chi connectivity index (χ1v) is 14.3. The average molecular weight is 527 g/mol. The summed E-state index contributed by atoms with van der Waals surface area (Å²) in [6.07, 6.45) is 5.42. The number of hydrogen-bond donors (Lipinski definition) is 2. The Morgan fingerprint density at radius 2 is 1.97 bits per heavy atom. The van der Waals surface area contributed by atoms with E-state index in [1.165, 1.54) is 14.0 Å². The third kappa shape index (κ3) is 11.2. The van der Waals surface area contributed by atoms with Crippen molar-refractivity contribution in [2.24, 2.45) is 5.92 Å². The van der Waals surface area contributed by atoms with E-state index in [1.807, 2.05) is 44.3 Å². The molecule has 9 nitrogen and oxygen atoms in total. The number of hydrogen-bond acceptors (Lipinski definition) is 8. The second kappa shape index (κ2) is 15.4. The molecule has 2 N–H and O–H groups in total. The molecule has 0 bridgehead atoms. The standard InChI is InChI=1S/C23H35BNO8PS/c1-17(26)25-14-10-5-3-4-9-13-19-21(33-34(28,35)29-2)20(32-22(19)24)16-31-23(27)30-15-18-11-7-6-8-12-18/h4,6-9,11-12,19-22H,3,5,10,13-16,24H2,1-2H3,(H,25,26)(H,28,35)/b9-4+/t19-,20+,21?,22+,34?/m0/s1. The highest BCUT2D eigenvalue weighted by atomic mass is 32.5. The number of carbonyl (C=O) groups excluding carboxylic acids is 2. The normalized spacial score (nSPS) is 23.6. The molecule has 194 valence electrons. The predicted molar refractivity (Wildman–Crippen MR) is 138 cm³/mol. The number of amides is 1. The fourth-order valence-corrected chi connectivity index (χ4v) is 4.71. The second-order valence-electron chi connectivity index (χ2n) is 8.29. The van der Waals surface area contributed by atoms with Gasteiger partial charge < -0.3 is 33.5 Å². The molecular formula is C23H35BNO8PS. The van der Waals surface area contributed by atoms with Crippen LogP contribution in [0, 0.1) is 5.92 Å². The molecule has 1 aromatic rings. The van der Waals surface area contributed by atoms with E-state index in [-0.39, 0.29) is 31.0 Å². The zero-order chi connectivity index (χ0) is 25.7. The monoisotopic (exact) mass is 527 g/mol. The van der Waals surface area contributed by atoms with Crippen LogP contribution in [0.5, 0.6) is 0 Å². The number of allylic oxidation sites excluding steroid dienone is 2. The zero-order valence-electron chi connectivity index (χ0n) is 20.5. The minimum absolute atomic E-state index is 0.0228. The van der Waals surface area contributed by atoms with Crippen LogP contribution in [0.3, 0.4) is 0 Å². The largest absolute Gasteiger partial charge is 0.508 e. The fourth-order valence-electron chi connectivity index (χ4n) is 3.73. The average Bonchev–Trinajstić information content (AvgIpc) is 3.11. The van der Waals surface area contributed by atoms with E-state index in [0.29, 0.717) is 13.0 Å². The van der Waals surface area contributed by atoms with E-state index in [9.17, 15) is 14.5 Å². The van der Waals surface area contributed by atoms with Gasteiger partial charge in [-0.25, -0.2) is 4.79 Å². The van der Waals surface area contributed by atoms with Gasteiger partial charge in [0.25, 0.3) is 0 Å². The molecule has 35 heavy (non-hydrogen) atoms. The van der Waals surface area contributed by atoms with Crippen LogP contribution < -0.4 is 5.32 Å². The van der Waals surface area contributed by atoms with Crippen molar-refractivity contribution in [2.45, 2.75) is 57.4 Å². The molecule has 0 saturated carbocycles.